The Labute approximate surface area is 94.3 Å². The molecule has 1 aromatic rings. The lowest BCUT2D eigenvalue weighted by Gasteiger charge is -2.27. The second kappa shape index (κ2) is 4.68. The molecule has 0 amide bonds. The predicted octanol–water partition coefficient (Wildman–Crippen LogP) is 2.75. The van der Waals surface area contributed by atoms with E-state index in [-0.39, 0.29) is 6.54 Å². The lowest BCUT2D eigenvalue weighted by atomic mass is 10.0. The molecule has 0 saturated heterocycles. The smallest absolute Gasteiger partial charge is 0.255 e. The van der Waals surface area contributed by atoms with Crippen LogP contribution in [0, 0.1) is 0 Å². The highest BCUT2D eigenvalue weighted by Gasteiger charge is 2.16. The number of fused-ring (bicyclic) bond motifs is 1. The van der Waals surface area contributed by atoms with E-state index in [4.69, 9.17) is 0 Å². The largest absolute Gasteiger partial charge is 0.383 e. The number of aryl methyl sites for hydroxylation is 1. The Morgan fingerprint density at radius 1 is 1.44 bits per heavy atom. The Kier molecular flexibility index (Phi) is 3.27. The summed E-state index contributed by atoms with van der Waals surface area (Å²) in [6.45, 7) is 0.699. The van der Waals surface area contributed by atoms with Crippen LogP contribution in [-0.2, 0) is 6.42 Å². The summed E-state index contributed by atoms with van der Waals surface area (Å²) in [6.07, 6.45) is -0.169. The second-order valence-electron chi connectivity index (χ2n) is 4.11. The molecule has 0 aliphatic carbocycles. The van der Waals surface area contributed by atoms with Crippen LogP contribution in [-0.4, -0.2) is 26.6 Å². The van der Waals surface area contributed by atoms with Crippen LogP contribution in [0.15, 0.2) is 18.2 Å². The number of alkyl halides is 2. The Morgan fingerprint density at radius 2 is 2.25 bits per heavy atom. The van der Waals surface area contributed by atoms with Crippen molar-refractivity contribution >= 4 is 11.4 Å². The highest BCUT2D eigenvalue weighted by Crippen LogP contribution is 2.32. The summed E-state index contributed by atoms with van der Waals surface area (Å²) in [5.41, 5.74) is 3.12. The van der Waals surface area contributed by atoms with Gasteiger partial charge in [-0.15, -0.1) is 0 Å². The molecule has 0 fully saturated rings. The fourth-order valence-electron chi connectivity index (χ4n) is 2.11. The van der Waals surface area contributed by atoms with Crippen LogP contribution in [0.1, 0.15) is 12.0 Å². The number of benzene rings is 1. The van der Waals surface area contributed by atoms with Gasteiger partial charge in [0.15, 0.2) is 0 Å². The molecule has 2 rings (SSSR count). The number of hydrogen-bond acceptors (Lipinski definition) is 2. The maximum Gasteiger partial charge on any atom is 0.255 e. The zero-order chi connectivity index (χ0) is 11.5. The van der Waals surface area contributed by atoms with Crippen LogP contribution < -0.4 is 10.2 Å². The molecular formula is C12H16F2N2. The Morgan fingerprint density at radius 3 is 3.00 bits per heavy atom. The Hall–Kier alpha value is -1.32. The summed E-state index contributed by atoms with van der Waals surface area (Å²) >= 11 is 0. The predicted molar refractivity (Wildman–Crippen MR) is 62.5 cm³/mol. The second-order valence-corrected chi connectivity index (χ2v) is 4.11. The third-order valence-electron chi connectivity index (χ3n) is 2.88. The Bertz CT molecular complexity index is 366. The van der Waals surface area contributed by atoms with Crippen LogP contribution in [0.5, 0.6) is 0 Å². The van der Waals surface area contributed by atoms with Gasteiger partial charge in [-0.25, -0.2) is 8.78 Å². The molecular weight excluding hydrogens is 210 g/mol. The highest BCUT2D eigenvalue weighted by atomic mass is 19.3. The van der Waals surface area contributed by atoms with Gasteiger partial charge in [0, 0.05) is 13.6 Å². The first-order chi connectivity index (χ1) is 7.68. The van der Waals surface area contributed by atoms with Gasteiger partial charge < -0.3 is 10.2 Å². The zero-order valence-electron chi connectivity index (χ0n) is 9.34. The van der Waals surface area contributed by atoms with E-state index in [9.17, 15) is 8.78 Å². The molecule has 0 spiro atoms. The van der Waals surface area contributed by atoms with Gasteiger partial charge in [0.2, 0.25) is 0 Å². The first-order valence-electron chi connectivity index (χ1n) is 5.53. The van der Waals surface area contributed by atoms with E-state index in [1.807, 2.05) is 12.1 Å². The van der Waals surface area contributed by atoms with E-state index in [0.717, 1.165) is 30.8 Å². The number of anilines is 2. The van der Waals surface area contributed by atoms with Crippen LogP contribution in [0.2, 0.25) is 0 Å². The van der Waals surface area contributed by atoms with Crippen molar-refractivity contribution in [3.05, 3.63) is 23.8 Å². The molecule has 0 unspecified atom stereocenters. The number of halogens is 2. The average Bonchev–Trinajstić information content (AvgIpc) is 2.27. The molecule has 0 aromatic heterocycles. The minimum atomic E-state index is -2.30. The fraction of sp³-hybridized carbons (Fsp3) is 0.500. The maximum absolute atomic E-state index is 12.3. The van der Waals surface area contributed by atoms with E-state index in [1.54, 1.807) is 11.9 Å². The van der Waals surface area contributed by atoms with Crippen LogP contribution >= 0.6 is 0 Å². The molecule has 16 heavy (non-hydrogen) atoms. The third-order valence-corrected chi connectivity index (χ3v) is 2.88. The maximum atomic E-state index is 12.3. The molecule has 1 heterocycles. The van der Waals surface area contributed by atoms with Gasteiger partial charge >= 0.3 is 0 Å². The van der Waals surface area contributed by atoms with Crippen molar-refractivity contribution in [1.29, 1.82) is 0 Å². The molecule has 1 N–H and O–H groups in total. The van der Waals surface area contributed by atoms with Crippen molar-refractivity contribution in [3.8, 4) is 0 Å². The number of hydrogen-bond donors (Lipinski definition) is 1. The van der Waals surface area contributed by atoms with Gasteiger partial charge in [-0.05, 0) is 24.5 Å². The first-order valence-corrected chi connectivity index (χ1v) is 5.53. The minimum absolute atomic E-state index is 0.224. The molecule has 0 bridgehead atoms. The summed E-state index contributed by atoms with van der Waals surface area (Å²) in [4.78, 5) is 1.61. The first kappa shape index (κ1) is 11.2. The summed E-state index contributed by atoms with van der Waals surface area (Å²) in [6, 6.07) is 5.88. The molecule has 1 aliphatic heterocycles. The van der Waals surface area contributed by atoms with Crippen molar-refractivity contribution in [2.75, 3.05) is 30.4 Å². The van der Waals surface area contributed by atoms with Crippen molar-refractivity contribution < 1.29 is 8.78 Å². The van der Waals surface area contributed by atoms with Crippen molar-refractivity contribution in [3.63, 3.8) is 0 Å². The summed E-state index contributed by atoms with van der Waals surface area (Å²) in [5, 5.41) is 3.30. The van der Waals surface area contributed by atoms with E-state index in [0.29, 0.717) is 0 Å². The lowest BCUT2D eigenvalue weighted by Crippen LogP contribution is -2.26. The van der Waals surface area contributed by atoms with Gasteiger partial charge in [0.1, 0.15) is 0 Å². The summed E-state index contributed by atoms with van der Waals surface area (Å²) in [5.74, 6) is 0. The molecule has 2 nitrogen and oxygen atoms in total. The van der Waals surface area contributed by atoms with Gasteiger partial charge in [0.25, 0.3) is 6.43 Å². The average molecular weight is 226 g/mol. The minimum Gasteiger partial charge on any atom is -0.383 e. The van der Waals surface area contributed by atoms with E-state index < -0.39 is 6.43 Å². The topological polar surface area (TPSA) is 15.3 Å². The lowest BCUT2D eigenvalue weighted by molar-refractivity contribution is 0.156. The van der Waals surface area contributed by atoms with Crippen molar-refractivity contribution in [2.45, 2.75) is 19.3 Å². The van der Waals surface area contributed by atoms with Crippen LogP contribution in [0.3, 0.4) is 0 Å². The standard InChI is InChI=1S/C12H16F2N2/c1-16(8-11(13)14)10-6-2-4-9-5-3-7-15-12(9)10/h2,4,6,11,15H,3,5,7-8H2,1H3. The normalized spacial score (nSPS) is 14.5. The van der Waals surface area contributed by atoms with Gasteiger partial charge in [0.05, 0.1) is 17.9 Å². The molecule has 0 atom stereocenters. The van der Waals surface area contributed by atoms with Crippen LogP contribution in [0.25, 0.3) is 0 Å². The van der Waals surface area contributed by atoms with Gasteiger partial charge in [-0.1, -0.05) is 12.1 Å². The monoisotopic (exact) mass is 226 g/mol. The van der Waals surface area contributed by atoms with Gasteiger partial charge in [-0.3, -0.25) is 0 Å². The number of nitrogens with one attached hydrogen (secondary N) is 1. The summed E-state index contributed by atoms with van der Waals surface area (Å²) in [7, 11) is 1.71. The molecule has 0 radical (unpaired) electrons. The van der Waals surface area contributed by atoms with Crippen LogP contribution in [0.4, 0.5) is 20.2 Å². The molecule has 1 aromatic carbocycles. The van der Waals surface area contributed by atoms with Crippen molar-refractivity contribution in [1.82, 2.24) is 0 Å². The summed E-state index contributed by atoms with van der Waals surface area (Å²) < 4.78 is 24.7. The SMILES string of the molecule is CN(CC(F)F)c1cccc2c1NCCC2. The molecule has 0 saturated carbocycles. The molecule has 88 valence electrons. The number of nitrogens with zero attached hydrogens (tertiary/aromatic N) is 1. The zero-order valence-corrected chi connectivity index (χ0v) is 9.34. The van der Waals surface area contributed by atoms with E-state index in [2.05, 4.69) is 11.4 Å². The Balaban J connectivity index is 2.26. The molecule has 4 heteroatoms. The van der Waals surface area contributed by atoms with Gasteiger partial charge in [-0.2, -0.15) is 0 Å². The van der Waals surface area contributed by atoms with E-state index in [1.165, 1.54) is 5.56 Å². The van der Waals surface area contributed by atoms with Crippen molar-refractivity contribution in [2.24, 2.45) is 0 Å². The number of rotatable bonds is 3. The van der Waals surface area contributed by atoms with E-state index >= 15 is 0 Å². The molecule has 1 aliphatic rings. The third kappa shape index (κ3) is 2.26. The number of para-hydroxylation sites is 1. The highest BCUT2D eigenvalue weighted by molar-refractivity contribution is 5.74. The fourth-order valence-corrected chi connectivity index (χ4v) is 2.11. The quantitative estimate of drug-likeness (QED) is 0.852.